The van der Waals surface area contributed by atoms with E-state index in [-0.39, 0.29) is 0 Å². The lowest BCUT2D eigenvalue weighted by molar-refractivity contribution is 0.533. The summed E-state index contributed by atoms with van der Waals surface area (Å²) in [5.74, 6) is 1.69. The Bertz CT molecular complexity index is 227. The Hall–Kier alpha value is 1.00. The molecule has 0 aromatic carbocycles. The Morgan fingerprint density at radius 3 is 1.42 bits per heavy atom. The van der Waals surface area contributed by atoms with Crippen molar-refractivity contribution in [3.05, 3.63) is 0 Å². The fourth-order valence-electron chi connectivity index (χ4n) is 2.29. The smallest absolute Gasteiger partial charge is 0.00343 e. The number of unbranched alkanes of at least 4 members (excludes halogenated alkanes) is 4. The van der Waals surface area contributed by atoms with Crippen LogP contribution >= 0.6 is 17.5 Å². The minimum atomic E-state index is -1.29. The number of rotatable bonds is 12. The summed E-state index contributed by atoms with van der Waals surface area (Å²) in [6.07, 6.45) is 13.2. The molecule has 0 aromatic rings. The number of hydrogen-bond acceptors (Lipinski definition) is 1. The van der Waals surface area contributed by atoms with E-state index in [2.05, 4.69) is 27.7 Å². The summed E-state index contributed by atoms with van der Waals surface area (Å²) in [4.78, 5) is 0. The molecule has 19 heavy (non-hydrogen) atoms. The molecule has 0 nitrogen and oxygen atoms in total. The Morgan fingerprint density at radius 2 is 1.11 bits per heavy atom. The molecule has 0 radical (unpaired) electrons. The van der Waals surface area contributed by atoms with Crippen LogP contribution in [0.3, 0.4) is 0 Å². The van der Waals surface area contributed by atoms with Crippen molar-refractivity contribution in [1.82, 2.24) is 0 Å². The molecule has 116 valence electrons. The molecule has 0 atom stereocenters. The van der Waals surface area contributed by atoms with E-state index in [4.69, 9.17) is 24.1 Å². The molecule has 0 amide bonds. The van der Waals surface area contributed by atoms with Gasteiger partial charge in [-0.15, -0.1) is 12.2 Å². The van der Waals surface area contributed by atoms with Crippen LogP contribution in [0.25, 0.3) is 0 Å². The first-order valence-corrected chi connectivity index (χ1v) is 12.5. The van der Waals surface area contributed by atoms with Gasteiger partial charge in [-0.05, 0) is 37.0 Å². The zero-order chi connectivity index (χ0) is 14.7. The van der Waals surface area contributed by atoms with Crippen LogP contribution in [-0.4, -0.2) is 12.3 Å². The molecule has 0 saturated carbocycles. The molecule has 0 N–H and O–H groups in total. The second-order valence-corrected chi connectivity index (χ2v) is 14.6. The van der Waals surface area contributed by atoms with E-state index in [0.717, 1.165) is 11.8 Å². The Labute approximate surface area is 132 Å². The van der Waals surface area contributed by atoms with Gasteiger partial charge in [0.2, 0.25) is 0 Å². The highest BCUT2D eigenvalue weighted by atomic mass is 32.9. The molecule has 0 rings (SSSR count). The van der Waals surface area contributed by atoms with Gasteiger partial charge in [0, 0.05) is 5.24 Å². The van der Waals surface area contributed by atoms with Gasteiger partial charge in [0.25, 0.3) is 0 Å². The van der Waals surface area contributed by atoms with Gasteiger partial charge in [-0.1, -0.05) is 78.0 Å². The summed E-state index contributed by atoms with van der Waals surface area (Å²) < 4.78 is 0. The highest BCUT2D eigenvalue weighted by Crippen LogP contribution is 2.52. The Balaban J connectivity index is 3.50. The first-order valence-electron chi connectivity index (χ1n) is 8.14. The third-order valence-electron chi connectivity index (χ3n) is 3.58. The molecule has 0 heterocycles. The van der Waals surface area contributed by atoms with Crippen LogP contribution in [0.5, 0.6) is 0 Å². The molecule has 0 aliphatic carbocycles. The number of hydrogen-bond donors (Lipinski definition) is 1. The van der Waals surface area contributed by atoms with E-state index in [1.165, 1.54) is 63.7 Å². The summed E-state index contributed by atoms with van der Waals surface area (Å²) in [5, 5.41) is -1.29. The SMILES string of the molecule is CC(C)CCCCCP(=S)(S)CCCCCC(C)C. The average Bonchev–Trinajstić information content (AvgIpc) is 2.27. The van der Waals surface area contributed by atoms with Crippen molar-refractivity contribution in [2.45, 2.75) is 79.1 Å². The van der Waals surface area contributed by atoms with Crippen LogP contribution in [0.4, 0.5) is 0 Å². The van der Waals surface area contributed by atoms with Gasteiger partial charge in [0.15, 0.2) is 0 Å². The molecule has 0 bridgehead atoms. The second-order valence-electron chi connectivity index (χ2n) is 6.78. The first kappa shape index (κ1) is 20.0. The van der Waals surface area contributed by atoms with Crippen molar-refractivity contribution in [3.8, 4) is 0 Å². The highest BCUT2D eigenvalue weighted by molar-refractivity contribution is 8.63. The fourth-order valence-corrected chi connectivity index (χ4v) is 5.57. The molecule has 0 unspecified atom stereocenters. The quantitative estimate of drug-likeness (QED) is 0.236. The zero-order valence-corrected chi connectivity index (χ0v) is 16.1. The molecular weight excluding hydrogens is 287 g/mol. The van der Waals surface area contributed by atoms with Crippen molar-refractivity contribution in [1.29, 1.82) is 0 Å². The minimum Gasteiger partial charge on any atom is -0.141 e. The predicted octanol–water partition coefficient (Wildman–Crippen LogP) is 6.74. The summed E-state index contributed by atoms with van der Waals surface area (Å²) >= 11 is 10.5. The molecular formula is C16H35PS2. The maximum atomic E-state index is 5.72. The Morgan fingerprint density at radius 1 is 0.737 bits per heavy atom. The van der Waals surface area contributed by atoms with Gasteiger partial charge in [-0.25, -0.2) is 0 Å². The molecule has 0 aromatic heterocycles. The van der Waals surface area contributed by atoms with Gasteiger partial charge in [0.05, 0.1) is 0 Å². The van der Waals surface area contributed by atoms with Crippen LogP contribution in [0.15, 0.2) is 0 Å². The van der Waals surface area contributed by atoms with E-state index in [0.29, 0.717) is 0 Å². The lowest BCUT2D eigenvalue weighted by atomic mass is 10.1. The fraction of sp³-hybridized carbons (Fsp3) is 1.00. The molecule has 0 fully saturated rings. The minimum absolute atomic E-state index is 0.847. The maximum Gasteiger partial charge on any atom is 0.00343 e. The van der Waals surface area contributed by atoms with Crippen LogP contribution in [0, 0.1) is 11.8 Å². The van der Waals surface area contributed by atoms with Crippen LogP contribution in [0.2, 0.25) is 0 Å². The van der Waals surface area contributed by atoms with E-state index < -0.39 is 5.24 Å². The molecule has 0 spiro atoms. The second kappa shape index (κ2) is 11.6. The third-order valence-corrected chi connectivity index (χ3v) is 7.90. The molecule has 0 aliphatic heterocycles. The maximum absolute atomic E-state index is 5.72. The highest BCUT2D eigenvalue weighted by Gasteiger charge is 2.10. The molecule has 3 heteroatoms. The summed E-state index contributed by atoms with van der Waals surface area (Å²) in [5.41, 5.74) is 0. The van der Waals surface area contributed by atoms with Crippen molar-refractivity contribution in [2.75, 3.05) is 12.3 Å². The van der Waals surface area contributed by atoms with Gasteiger partial charge in [-0.2, -0.15) is 0 Å². The Kier molecular flexibility index (Phi) is 12.2. The van der Waals surface area contributed by atoms with Crippen LogP contribution in [-0.2, 0) is 11.8 Å². The van der Waals surface area contributed by atoms with E-state index in [9.17, 15) is 0 Å². The topological polar surface area (TPSA) is 0 Å². The van der Waals surface area contributed by atoms with E-state index in [1.54, 1.807) is 0 Å². The van der Waals surface area contributed by atoms with Crippen molar-refractivity contribution in [3.63, 3.8) is 0 Å². The van der Waals surface area contributed by atoms with Crippen molar-refractivity contribution in [2.24, 2.45) is 11.8 Å². The summed E-state index contributed by atoms with van der Waals surface area (Å²) in [7, 11) is 0. The van der Waals surface area contributed by atoms with Crippen LogP contribution < -0.4 is 0 Å². The van der Waals surface area contributed by atoms with Crippen molar-refractivity contribution >= 4 is 29.3 Å². The van der Waals surface area contributed by atoms with Gasteiger partial charge >= 0.3 is 0 Å². The molecule has 0 saturated heterocycles. The van der Waals surface area contributed by atoms with Gasteiger partial charge in [-0.3, -0.25) is 0 Å². The van der Waals surface area contributed by atoms with Gasteiger partial charge < -0.3 is 0 Å². The normalized spacial score (nSPS) is 12.6. The van der Waals surface area contributed by atoms with E-state index >= 15 is 0 Å². The van der Waals surface area contributed by atoms with Crippen LogP contribution in [0.1, 0.15) is 79.1 Å². The number of thiol groups is 1. The summed E-state index contributed by atoms with van der Waals surface area (Å²) in [6, 6.07) is 0. The lowest BCUT2D eigenvalue weighted by Crippen LogP contribution is -1.93. The lowest BCUT2D eigenvalue weighted by Gasteiger charge is -2.16. The monoisotopic (exact) mass is 322 g/mol. The van der Waals surface area contributed by atoms with Crippen molar-refractivity contribution < 1.29 is 0 Å². The standard InChI is InChI=1S/C16H35PS2/c1-15(2)11-7-5-9-13-17(18,19)14-10-6-8-12-16(3)4/h15-16H,5-14H2,1-4H3,(H,18,19). The zero-order valence-electron chi connectivity index (χ0n) is 13.5. The summed E-state index contributed by atoms with van der Waals surface area (Å²) in [6.45, 7) is 9.22. The first-order chi connectivity index (χ1) is 8.83. The molecule has 0 aliphatic rings. The van der Waals surface area contributed by atoms with Gasteiger partial charge in [0.1, 0.15) is 0 Å². The predicted molar refractivity (Wildman–Crippen MR) is 99.6 cm³/mol. The van der Waals surface area contributed by atoms with E-state index in [1.807, 2.05) is 0 Å². The average molecular weight is 323 g/mol. The largest absolute Gasteiger partial charge is 0.141 e. The third kappa shape index (κ3) is 15.2.